The summed E-state index contributed by atoms with van der Waals surface area (Å²) in [5, 5.41) is 0. The van der Waals surface area contributed by atoms with Gasteiger partial charge >= 0.3 is 0 Å². The molecule has 0 unspecified atom stereocenters. The number of para-hydroxylation sites is 1. The van der Waals surface area contributed by atoms with Crippen LogP contribution >= 0.6 is 15.9 Å². The minimum atomic E-state index is 0.695. The second-order valence-electron chi connectivity index (χ2n) is 4.98. The van der Waals surface area contributed by atoms with Gasteiger partial charge in [0, 0.05) is 16.7 Å². The maximum absolute atomic E-state index is 5.83. The third kappa shape index (κ3) is 5.43. The van der Waals surface area contributed by atoms with Crippen LogP contribution in [0.15, 0.2) is 59.1 Å². The van der Waals surface area contributed by atoms with Crippen molar-refractivity contribution in [2.75, 3.05) is 24.6 Å². The fourth-order valence-electron chi connectivity index (χ4n) is 2.16. The number of nitrogens with zero attached hydrogens (tertiary/aromatic N) is 1. The fraction of sp³-hybridized carbons (Fsp3) is 0.333. The van der Waals surface area contributed by atoms with Gasteiger partial charge in [-0.25, -0.2) is 0 Å². The molecular weight excluding hydrogens is 326 g/mol. The SMILES string of the molecule is CCCCN(CCOc1ccc(Br)cc1)c1ccccc1. The Bertz CT molecular complexity index is 513. The first kappa shape index (κ1) is 15.9. The van der Waals surface area contributed by atoms with E-state index < -0.39 is 0 Å². The Kier molecular flexibility index (Phi) is 6.61. The third-order valence-corrected chi connectivity index (χ3v) is 3.88. The molecule has 0 spiro atoms. The highest BCUT2D eigenvalue weighted by atomic mass is 79.9. The molecule has 0 amide bonds. The second-order valence-corrected chi connectivity index (χ2v) is 5.89. The van der Waals surface area contributed by atoms with Crippen LogP contribution in [0.3, 0.4) is 0 Å². The van der Waals surface area contributed by atoms with Crippen LogP contribution < -0.4 is 9.64 Å². The zero-order valence-corrected chi connectivity index (χ0v) is 14.1. The number of hydrogen-bond acceptors (Lipinski definition) is 2. The fourth-order valence-corrected chi connectivity index (χ4v) is 2.43. The lowest BCUT2D eigenvalue weighted by Crippen LogP contribution is -2.29. The monoisotopic (exact) mass is 347 g/mol. The predicted molar refractivity (Wildman–Crippen MR) is 93.2 cm³/mol. The van der Waals surface area contributed by atoms with Crippen molar-refractivity contribution in [3.8, 4) is 5.75 Å². The average Bonchev–Trinajstić information content (AvgIpc) is 2.53. The van der Waals surface area contributed by atoms with Crippen LogP contribution in [0.1, 0.15) is 19.8 Å². The molecule has 0 aliphatic heterocycles. The molecule has 2 aromatic rings. The van der Waals surface area contributed by atoms with Gasteiger partial charge in [0.1, 0.15) is 12.4 Å². The number of hydrogen-bond donors (Lipinski definition) is 0. The van der Waals surface area contributed by atoms with Crippen molar-refractivity contribution in [3.63, 3.8) is 0 Å². The Hall–Kier alpha value is -1.48. The first-order valence-corrected chi connectivity index (χ1v) is 8.27. The minimum Gasteiger partial charge on any atom is -0.492 e. The quantitative estimate of drug-likeness (QED) is 0.655. The van der Waals surface area contributed by atoms with E-state index in [4.69, 9.17) is 4.74 Å². The van der Waals surface area contributed by atoms with E-state index in [2.05, 4.69) is 58.1 Å². The van der Waals surface area contributed by atoms with Gasteiger partial charge in [-0.2, -0.15) is 0 Å². The summed E-state index contributed by atoms with van der Waals surface area (Å²) >= 11 is 3.43. The zero-order valence-electron chi connectivity index (χ0n) is 12.5. The van der Waals surface area contributed by atoms with Crippen LogP contribution in [0.2, 0.25) is 0 Å². The summed E-state index contributed by atoms with van der Waals surface area (Å²) < 4.78 is 6.90. The average molecular weight is 348 g/mol. The number of unbranched alkanes of at least 4 members (excludes halogenated alkanes) is 1. The maximum atomic E-state index is 5.83. The molecule has 0 fully saturated rings. The lowest BCUT2D eigenvalue weighted by atomic mass is 10.2. The lowest BCUT2D eigenvalue weighted by Gasteiger charge is -2.24. The van der Waals surface area contributed by atoms with Gasteiger partial charge in [-0.15, -0.1) is 0 Å². The van der Waals surface area contributed by atoms with Crippen molar-refractivity contribution >= 4 is 21.6 Å². The van der Waals surface area contributed by atoms with E-state index in [1.807, 2.05) is 24.3 Å². The van der Waals surface area contributed by atoms with E-state index in [1.165, 1.54) is 18.5 Å². The normalized spacial score (nSPS) is 10.4. The van der Waals surface area contributed by atoms with Crippen LogP contribution in [0.5, 0.6) is 5.75 Å². The molecule has 0 atom stereocenters. The summed E-state index contributed by atoms with van der Waals surface area (Å²) in [4.78, 5) is 2.39. The van der Waals surface area contributed by atoms with Gasteiger partial charge in [-0.3, -0.25) is 0 Å². The molecule has 112 valence electrons. The zero-order chi connectivity index (χ0) is 14.9. The third-order valence-electron chi connectivity index (χ3n) is 3.35. The Morgan fingerprint density at radius 2 is 1.67 bits per heavy atom. The highest BCUT2D eigenvalue weighted by Crippen LogP contribution is 2.17. The van der Waals surface area contributed by atoms with E-state index in [-0.39, 0.29) is 0 Å². The van der Waals surface area contributed by atoms with Crippen molar-refractivity contribution < 1.29 is 4.74 Å². The minimum absolute atomic E-state index is 0.695. The van der Waals surface area contributed by atoms with Crippen LogP contribution in [-0.4, -0.2) is 19.7 Å². The molecule has 2 rings (SSSR count). The Labute approximate surface area is 135 Å². The standard InChI is InChI=1S/C18H22BrNO/c1-2-3-13-20(17-7-5-4-6-8-17)14-15-21-18-11-9-16(19)10-12-18/h4-12H,2-3,13-15H2,1H3. The first-order valence-electron chi connectivity index (χ1n) is 7.48. The summed E-state index contributed by atoms with van der Waals surface area (Å²) in [6.07, 6.45) is 2.41. The van der Waals surface area contributed by atoms with Crippen molar-refractivity contribution in [1.82, 2.24) is 0 Å². The smallest absolute Gasteiger partial charge is 0.119 e. The van der Waals surface area contributed by atoms with Gasteiger partial charge < -0.3 is 9.64 Å². The summed E-state index contributed by atoms with van der Waals surface area (Å²) in [5.74, 6) is 0.918. The molecule has 0 aliphatic rings. The summed E-state index contributed by atoms with van der Waals surface area (Å²) in [5.41, 5.74) is 1.27. The number of halogens is 1. The van der Waals surface area contributed by atoms with E-state index in [0.717, 1.165) is 23.3 Å². The van der Waals surface area contributed by atoms with Gasteiger partial charge in [0.2, 0.25) is 0 Å². The predicted octanol–water partition coefficient (Wildman–Crippen LogP) is 5.13. The highest BCUT2D eigenvalue weighted by molar-refractivity contribution is 9.10. The van der Waals surface area contributed by atoms with Gasteiger partial charge in [-0.1, -0.05) is 47.5 Å². The van der Waals surface area contributed by atoms with Gasteiger partial charge in [0.15, 0.2) is 0 Å². The van der Waals surface area contributed by atoms with Crippen LogP contribution in [0.4, 0.5) is 5.69 Å². The Morgan fingerprint density at radius 1 is 0.952 bits per heavy atom. The van der Waals surface area contributed by atoms with Crippen LogP contribution in [0, 0.1) is 0 Å². The highest BCUT2D eigenvalue weighted by Gasteiger charge is 2.05. The largest absolute Gasteiger partial charge is 0.492 e. The van der Waals surface area contributed by atoms with Crippen molar-refractivity contribution in [2.24, 2.45) is 0 Å². The van der Waals surface area contributed by atoms with Crippen LogP contribution in [0.25, 0.3) is 0 Å². The van der Waals surface area contributed by atoms with Crippen molar-refractivity contribution in [2.45, 2.75) is 19.8 Å². The molecule has 21 heavy (non-hydrogen) atoms. The summed E-state index contributed by atoms with van der Waals surface area (Å²) in [6, 6.07) is 18.5. The molecule has 0 radical (unpaired) electrons. The summed E-state index contributed by atoms with van der Waals surface area (Å²) in [7, 11) is 0. The van der Waals surface area contributed by atoms with Crippen molar-refractivity contribution in [1.29, 1.82) is 0 Å². The van der Waals surface area contributed by atoms with Crippen molar-refractivity contribution in [3.05, 3.63) is 59.1 Å². The van der Waals surface area contributed by atoms with E-state index in [9.17, 15) is 0 Å². The molecule has 0 bridgehead atoms. The molecular formula is C18H22BrNO. The molecule has 0 aliphatic carbocycles. The molecule has 0 saturated heterocycles. The van der Waals surface area contributed by atoms with Gasteiger partial charge in [0.25, 0.3) is 0 Å². The number of ether oxygens (including phenoxy) is 1. The molecule has 2 aromatic carbocycles. The van der Waals surface area contributed by atoms with E-state index in [0.29, 0.717) is 6.61 Å². The Morgan fingerprint density at radius 3 is 2.33 bits per heavy atom. The van der Waals surface area contributed by atoms with Gasteiger partial charge in [-0.05, 0) is 42.8 Å². The molecule has 0 N–H and O–H groups in total. The molecule has 0 saturated carbocycles. The maximum Gasteiger partial charge on any atom is 0.119 e. The first-order chi connectivity index (χ1) is 10.3. The number of rotatable bonds is 8. The second kappa shape index (κ2) is 8.73. The number of anilines is 1. The Balaban J connectivity index is 1.88. The molecule has 3 heteroatoms. The lowest BCUT2D eigenvalue weighted by molar-refractivity contribution is 0.323. The molecule has 0 aromatic heterocycles. The summed E-state index contributed by atoms with van der Waals surface area (Å²) in [6.45, 7) is 4.89. The topological polar surface area (TPSA) is 12.5 Å². The van der Waals surface area contributed by atoms with E-state index in [1.54, 1.807) is 0 Å². The molecule has 0 heterocycles. The van der Waals surface area contributed by atoms with Gasteiger partial charge in [0.05, 0.1) is 6.54 Å². The number of benzene rings is 2. The van der Waals surface area contributed by atoms with Crippen LogP contribution in [-0.2, 0) is 0 Å². The van der Waals surface area contributed by atoms with E-state index >= 15 is 0 Å². The molecule has 2 nitrogen and oxygen atoms in total.